The van der Waals surface area contributed by atoms with Crippen molar-refractivity contribution in [1.29, 1.82) is 0 Å². The van der Waals surface area contributed by atoms with E-state index in [1.165, 1.54) is 22.9 Å². The first-order valence-corrected chi connectivity index (χ1v) is 10.6. The number of benzene rings is 2. The Morgan fingerprint density at radius 2 is 1.86 bits per heavy atom. The zero-order valence-corrected chi connectivity index (χ0v) is 18.6. The standard InChI is InChI=1S/C20H17FN4S2.2ClH/c21-17-6-3-7-18-16(17)9-22-19(24-18)26-11-15-12-27-20-23-8-13-4-1-2-5-14(13)10-25(15)20;;/h1-7,12H,8-11H2,(H,22,24);2*1H. The van der Waals surface area contributed by atoms with Gasteiger partial charge in [0.1, 0.15) is 5.82 Å². The Hall–Kier alpha value is -1.67. The second kappa shape index (κ2) is 9.43. The first-order chi connectivity index (χ1) is 13.3. The van der Waals surface area contributed by atoms with Gasteiger partial charge in [0.2, 0.25) is 0 Å². The molecular weight excluding hydrogens is 450 g/mol. The molecule has 0 saturated carbocycles. The molecule has 0 saturated heterocycles. The molecule has 3 aliphatic rings. The molecule has 4 nitrogen and oxygen atoms in total. The highest BCUT2D eigenvalue weighted by Gasteiger charge is 2.26. The third-order valence-electron chi connectivity index (χ3n) is 4.81. The Labute approximate surface area is 190 Å². The molecule has 0 radical (unpaired) electrons. The molecule has 29 heavy (non-hydrogen) atoms. The van der Waals surface area contributed by atoms with Crippen LogP contribution in [0.1, 0.15) is 16.7 Å². The topological polar surface area (TPSA) is 40.0 Å². The van der Waals surface area contributed by atoms with Gasteiger partial charge in [0.05, 0.1) is 19.6 Å². The summed E-state index contributed by atoms with van der Waals surface area (Å²) in [6.45, 7) is 1.97. The van der Waals surface area contributed by atoms with Gasteiger partial charge in [-0.15, -0.1) is 24.8 Å². The minimum Gasteiger partial charge on any atom is -0.335 e. The highest BCUT2D eigenvalue weighted by atomic mass is 35.5. The van der Waals surface area contributed by atoms with Crippen LogP contribution >= 0.6 is 48.3 Å². The van der Waals surface area contributed by atoms with Gasteiger partial charge in [0.15, 0.2) is 10.3 Å². The van der Waals surface area contributed by atoms with Crippen LogP contribution in [0.4, 0.5) is 10.1 Å². The minimum atomic E-state index is -0.202. The van der Waals surface area contributed by atoms with E-state index in [0.29, 0.717) is 12.1 Å². The number of aliphatic imine (C=N–C) groups is 2. The number of amidine groups is 2. The normalized spacial score (nSPS) is 16.4. The molecule has 2 aromatic carbocycles. The van der Waals surface area contributed by atoms with Crippen LogP contribution in [0.3, 0.4) is 0 Å². The summed E-state index contributed by atoms with van der Waals surface area (Å²) in [6.07, 6.45) is 0. The Balaban J connectivity index is 0.00000120. The molecular formula is C20H19Cl2FN4S2. The number of fused-ring (bicyclic) bond motifs is 3. The number of rotatable bonds is 2. The lowest BCUT2D eigenvalue weighted by molar-refractivity contribution is 0.529. The van der Waals surface area contributed by atoms with Crippen molar-refractivity contribution < 1.29 is 4.39 Å². The van der Waals surface area contributed by atoms with E-state index < -0.39 is 0 Å². The zero-order chi connectivity index (χ0) is 18.2. The lowest BCUT2D eigenvalue weighted by Crippen LogP contribution is -2.25. The molecule has 152 valence electrons. The Morgan fingerprint density at radius 3 is 2.72 bits per heavy atom. The maximum atomic E-state index is 13.8. The molecule has 0 amide bonds. The van der Waals surface area contributed by atoms with Gasteiger partial charge in [-0.2, -0.15) is 0 Å². The van der Waals surface area contributed by atoms with Crippen LogP contribution < -0.4 is 5.32 Å². The molecule has 0 spiro atoms. The highest BCUT2D eigenvalue weighted by molar-refractivity contribution is 8.17. The molecule has 0 fully saturated rings. The van der Waals surface area contributed by atoms with E-state index in [4.69, 9.17) is 4.99 Å². The average Bonchev–Trinajstić information content (AvgIpc) is 2.97. The second-order valence-corrected chi connectivity index (χ2v) is 8.28. The molecule has 0 unspecified atom stereocenters. The fourth-order valence-electron chi connectivity index (χ4n) is 3.33. The van der Waals surface area contributed by atoms with Gasteiger partial charge < -0.3 is 10.2 Å². The van der Waals surface area contributed by atoms with Gasteiger partial charge in [-0.3, -0.25) is 9.98 Å². The summed E-state index contributed by atoms with van der Waals surface area (Å²) in [6, 6.07) is 13.6. The third-order valence-corrected chi connectivity index (χ3v) is 6.70. The monoisotopic (exact) mass is 468 g/mol. The first-order valence-electron chi connectivity index (χ1n) is 8.74. The maximum absolute atomic E-state index is 13.8. The molecule has 5 rings (SSSR count). The fourth-order valence-corrected chi connectivity index (χ4v) is 5.20. The van der Waals surface area contributed by atoms with Crippen LogP contribution in [0.25, 0.3) is 0 Å². The number of hydrogen-bond donors (Lipinski definition) is 1. The maximum Gasteiger partial charge on any atom is 0.168 e. The van der Waals surface area contributed by atoms with Gasteiger partial charge >= 0.3 is 0 Å². The van der Waals surface area contributed by atoms with Crippen LogP contribution in [0.5, 0.6) is 0 Å². The quantitative estimate of drug-likeness (QED) is 0.618. The van der Waals surface area contributed by atoms with Crippen LogP contribution in [0.2, 0.25) is 0 Å². The zero-order valence-electron chi connectivity index (χ0n) is 15.3. The van der Waals surface area contributed by atoms with Gasteiger partial charge in [-0.25, -0.2) is 4.39 Å². The van der Waals surface area contributed by atoms with Crippen molar-refractivity contribution in [3.63, 3.8) is 0 Å². The van der Waals surface area contributed by atoms with Crippen LogP contribution in [0, 0.1) is 5.82 Å². The highest BCUT2D eigenvalue weighted by Crippen LogP contribution is 2.34. The van der Waals surface area contributed by atoms with E-state index in [0.717, 1.165) is 34.9 Å². The van der Waals surface area contributed by atoms with E-state index in [2.05, 4.69) is 44.9 Å². The van der Waals surface area contributed by atoms with E-state index >= 15 is 0 Å². The van der Waals surface area contributed by atoms with Crippen molar-refractivity contribution in [3.05, 3.63) is 76.1 Å². The predicted molar refractivity (Wildman–Crippen MR) is 127 cm³/mol. The number of thioether (sulfide) groups is 2. The number of halogens is 3. The van der Waals surface area contributed by atoms with Crippen molar-refractivity contribution in [1.82, 2.24) is 4.90 Å². The van der Waals surface area contributed by atoms with Crippen LogP contribution in [0.15, 0.2) is 63.6 Å². The van der Waals surface area contributed by atoms with E-state index in [1.54, 1.807) is 29.6 Å². The Kier molecular flexibility index (Phi) is 7.16. The largest absolute Gasteiger partial charge is 0.335 e. The average molecular weight is 469 g/mol. The van der Waals surface area contributed by atoms with Gasteiger partial charge in [-0.05, 0) is 28.7 Å². The van der Waals surface area contributed by atoms with Gasteiger partial charge in [-0.1, -0.05) is 53.9 Å². The van der Waals surface area contributed by atoms with E-state index in [-0.39, 0.29) is 30.6 Å². The Bertz CT molecular complexity index is 1010. The summed E-state index contributed by atoms with van der Waals surface area (Å²) in [5.41, 5.74) is 5.30. The summed E-state index contributed by atoms with van der Waals surface area (Å²) < 4.78 is 13.8. The van der Waals surface area contributed by atoms with E-state index in [9.17, 15) is 4.39 Å². The minimum absolute atomic E-state index is 0. The SMILES string of the molecule is Cl.Cl.Fc1cccc2c1CN=C(SCC1=CSC3=NCc4ccccc4CN13)N2. The summed E-state index contributed by atoms with van der Waals surface area (Å²) in [5.74, 6) is 0.594. The number of nitrogens with zero attached hydrogens (tertiary/aromatic N) is 3. The molecule has 0 aliphatic carbocycles. The lowest BCUT2D eigenvalue weighted by atomic mass is 10.1. The summed E-state index contributed by atoms with van der Waals surface area (Å²) >= 11 is 3.33. The molecule has 0 aromatic heterocycles. The van der Waals surface area contributed by atoms with Crippen molar-refractivity contribution in [2.45, 2.75) is 19.6 Å². The van der Waals surface area contributed by atoms with Crippen molar-refractivity contribution in [2.75, 3.05) is 11.1 Å². The van der Waals surface area contributed by atoms with Crippen molar-refractivity contribution >= 4 is 64.4 Å². The predicted octanol–water partition coefficient (Wildman–Crippen LogP) is 5.64. The molecule has 1 N–H and O–H groups in total. The third kappa shape index (κ3) is 4.43. The van der Waals surface area contributed by atoms with Gasteiger partial charge in [0, 0.05) is 22.7 Å². The smallest absolute Gasteiger partial charge is 0.168 e. The van der Waals surface area contributed by atoms with Crippen molar-refractivity contribution in [2.24, 2.45) is 9.98 Å². The number of hydrogen-bond acceptors (Lipinski definition) is 6. The first kappa shape index (κ1) is 22.0. The van der Waals surface area contributed by atoms with E-state index in [1.807, 2.05) is 6.07 Å². The second-order valence-electron chi connectivity index (χ2n) is 6.48. The molecule has 2 aromatic rings. The van der Waals surface area contributed by atoms with Crippen LogP contribution in [-0.2, 0) is 19.6 Å². The molecule has 3 heterocycles. The molecule has 0 bridgehead atoms. The summed E-state index contributed by atoms with van der Waals surface area (Å²) in [7, 11) is 0. The van der Waals surface area contributed by atoms with Crippen LogP contribution in [-0.4, -0.2) is 21.0 Å². The fraction of sp³-hybridized carbons (Fsp3) is 0.200. The van der Waals surface area contributed by atoms with Crippen molar-refractivity contribution in [3.8, 4) is 0 Å². The lowest BCUT2D eigenvalue weighted by Gasteiger charge is -2.23. The summed E-state index contributed by atoms with van der Waals surface area (Å²) in [4.78, 5) is 11.6. The number of anilines is 1. The molecule has 0 atom stereocenters. The molecule has 3 aliphatic heterocycles. The molecule has 9 heteroatoms. The number of nitrogens with one attached hydrogen (secondary N) is 1. The van der Waals surface area contributed by atoms with Gasteiger partial charge in [0.25, 0.3) is 0 Å². The Morgan fingerprint density at radius 1 is 1.03 bits per heavy atom. The summed E-state index contributed by atoms with van der Waals surface area (Å²) in [5, 5.41) is 7.33.